The van der Waals surface area contributed by atoms with Crippen LogP contribution in [0.4, 0.5) is 10.1 Å². The molecule has 2 aliphatic heterocycles. The van der Waals surface area contributed by atoms with Crippen molar-refractivity contribution in [1.29, 1.82) is 0 Å². The van der Waals surface area contributed by atoms with Gasteiger partial charge < -0.3 is 9.80 Å². The molecule has 3 aromatic rings. The summed E-state index contributed by atoms with van der Waals surface area (Å²) in [4.78, 5) is 23.0. The van der Waals surface area contributed by atoms with Crippen LogP contribution in [0.1, 0.15) is 30.0 Å². The van der Waals surface area contributed by atoms with Crippen LogP contribution >= 0.6 is 0 Å². The van der Waals surface area contributed by atoms with E-state index in [-0.39, 0.29) is 18.3 Å². The highest BCUT2D eigenvalue weighted by molar-refractivity contribution is 5.94. The zero-order valence-electron chi connectivity index (χ0n) is 19.5. The number of nitrogens with zero attached hydrogens (tertiary/aromatic N) is 6. The minimum Gasteiger partial charge on any atom is -0.339 e. The molecular formula is C27H27FN6O. The zero-order valence-corrected chi connectivity index (χ0v) is 19.5. The molecule has 0 unspecified atom stereocenters. The molecule has 35 heavy (non-hydrogen) atoms. The molecule has 7 nitrogen and oxygen atoms in total. The molecule has 0 saturated carbocycles. The number of halogens is 1. The number of piperidine rings is 1. The Kier molecular flexibility index (Phi) is 5.35. The predicted molar refractivity (Wildman–Crippen MR) is 133 cm³/mol. The van der Waals surface area contributed by atoms with Crippen molar-refractivity contribution in [3.05, 3.63) is 88.1 Å². The van der Waals surface area contributed by atoms with Crippen molar-refractivity contribution in [1.82, 2.24) is 9.80 Å². The van der Waals surface area contributed by atoms with Crippen LogP contribution in [0.5, 0.6) is 0 Å². The predicted octanol–water partition coefficient (Wildman–Crippen LogP) is 5.03. The van der Waals surface area contributed by atoms with Gasteiger partial charge in [-0.15, -0.1) is 0 Å². The number of hydrogen-bond donors (Lipinski definition) is 0. The van der Waals surface area contributed by atoms with E-state index in [1.54, 1.807) is 17.0 Å². The number of azide groups is 1. The van der Waals surface area contributed by atoms with Gasteiger partial charge in [0.25, 0.3) is 0 Å². The molecule has 0 radical (unpaired) electrons. The maximum absolute atomic E-state index is 13.7. The summed E-state index contributed by atoms with van der Waals surface area (Å²) in [5.41, 5.74) is 11.6. The Bertz CT molecular complexity index is 1320. The molecule has 0 bridgehead atoms. The summed E-state index contributed by atoms with van der Waals surface area (Å²) in [6.07, 6.45) is 2.39. The summed E-state index contributed by atoms with van der Waals surface area (Å²) in [5, 5.41) is 6.30. The molecule has 2 saturated heterocycles. The van der Waals surface area contributed by atoms with E-state index in [4.69, 9.17) is 5.53 Å². The Morgan fingerprint density at radius 3 is 2.54 bits per heavy atom. The molecule has 1 atom stereocenters. The Morgan fingerprint density at radius 2 is 1.80 bits per heavy atom. The lowest BCUT2D eigenvalue weighted by Gasteiger charge is -2.45. The van der Waals surface area contributed by atoms with Gasteiger partial charge in [-0.1, -0.05) is 41.5 Å². The molecule has 2 fully saturated rings. The van der Waals surface area contributed by atoms with Crippen LogP contribution in [-0.2, 0) is 11.2 Å². The van der Waals surface area contributed by atoms with Gasteiger partial charge in [0.05, 0.1) is 6.67 Å². The van der Waals surface area contributed by atoms with Gasteiger partial charge in [-0.2, -0.15) is 0 Å². The first-order valence-corrected chi connectivity index (χ1v) is 12.2. The summed E-state index contributed by atoms with van der Waals surface area (Å²) in [7, 11) is 0. The standard InChI is InChI=1S/C27H27FN6O/c28-21-7-9-22(10-8-21)34-18-33(16-13-30-31-29)26(35)27(34)11-14-32(15-12-27)24-17-20-5-1-3-19-4-2-6-23(24)25(19)20/h1-10,24H,11-18H2/t24-/m1/s1. The quantitative estimate of drug-likeness (QED) is 0.298. The summed E-state index contributed by atoms with van der Waals surface area (Å²) >= 11 is 0. The molecule has 6 rings (SSSR count). The summed E-state index contributed by atoms with van der Waals surface area (Å²) < 4.78 is 13.6. The third kappa shape index (κ3) is 3.52. The Balaban J connectivity index is 1.27. The van der Waals surface area contributed by atoms with Crippen molar-refractivity contribution in [3.8, 4) is 0 Å². The van der Waals surface area contributed by atoms with Gasteiger partial charge in [0.2, 0.25) is 5.91 Å². The Morgan fingerprint density at radius 1 is 1.06 bits per heavy atom. The molecule has 0 N–H and O–H groups in total. The molecule has 178 valence electrons. The second-order valence-electron chi connectivity index (χ2n) is 9.72. The smallest absolute Gasteiger partial charge is 0.250 e. The van der Waals surface area contributed by atoms with E-state index in [9.17, 15) is 9.18 Å². The normalized spacial score (nSPS) is 21.2. The first-order valence-electron chi connectivity index (χ1n) is 12.2. The highest BCUT2D eigenvalue weighted by Gasteiger charge is 2.54. The lowest BCUT2D eigenvalue weighted by Crippen LogP contribution is -2.57. The number of likely N-dealkylation sites (tertiary alicyclic amines) is 1. The molecule has 3 aromatic carbocycles. The van der Waals surface area contributed by atoms with Crippen LogP contribution in [0.2, 0.25) is 0 Å². The van der Waals surface area contributed by atoms with E-state index >= 15 is 0 Å². The van der Waals surface area contributed by atoms with Crippen LogP contribution in [0, 0.1) is 5.82 Å². The lowest BCUT2D eigenvalue weighted by molar-refractivity contribution is -0.133. The fourth-order valence-corrected chi connectivity index (χ4v) is 6.34. The van der Waals surface area contributed by atoms with Crippen LogP contribution < -0.4 is 4.90 Å². The number of hydrogen-bond acceptors (Lipinski definition) is 4. The van der Waals surface area contributed by atoms with Crippen LogP contribution in [0.3, 0.4) is 0 Å². The van der Waals surface area contributed by atoms with Crippen LogP contribution in [0.25, 0.3) is 21.2 Å². The van der Waals surface area contributed by atoms with Crippen molar-refractivity contribution in [3.63, 3.8) is 0 Å². The molecule has 8 heteroatoms. The van der Waals surface area contributed by atoms with Crippen molar-refractivity contribution in [2.75, 3.05) is 37.7 Å². The van der Waals surface area contributed by atoms with E-state index in [2.05, 4.69) is 56.2 Å². The van der Waals surface area contributed by atoms with Gasteiger partial charge >= 0.3 is 0 Å². The minimum absolute atomic E-state index is 0.0754. The fraction of sp³-hybridized carbons (Fsp3) is 0.370. The van der Waals surface area contributed by atoms with Gasteiger partial charge in [0.15, 0.2) is 0 Å². The van der Waals surface area contributed by atoms with Gasteiger partial charge in [0.1, 0.15) is 11.4 Å². The highest BCUT2D eigenvalue weighted by Crippen LogP contribution is 2.45. The number of anilines is 1. The van der Waals surface area contributed by atoms with Crippen LogP contribution in [0.15, 0.2) is 65.8 Å². The van der Waals surface area contributed by atoms with Gasteiger partial charge in [0, 0.05) is 42.8 Å². The molecule has 1 aliphatic carbocycles. The third-order valence-electron chi connectivity index (χ3n) is 8.05. The largest absolute Gasteiger partial charge is 0.339 e. The van der Waals surface area contributed by atoms with Crippen LogP contribution in [-0.4, -0.2) is 54.1 Å². The Hall–Kier alpha value is -3.61. The molecule has 1 spiro atoms. The summed E-state index contributed by atoms with van der Waals surface area (Å²) in [6.45, 7) is 2.66. The number of rotatable bonds is 5. The maximum Gasteiger partial charge on any atom is 0.250 e. The number of benzene rings is 3. The molecule has 0 aromatic heterocycles. The molecule has 1 amide bonds. The minimum atomic E-state index is -0.665. The first-order chi connectivity index (χ1) is 17.1. The highest BCUT2D eigenvalue weighted by atomic mass is 19.1. The average molecular weight is 471 g/mol. The van der Waals surface area contributed by atoms with E-state index < -0.39 is 5.54 Å². The maximum atomic E-state index is 13.7. The molecular weight excluding hydrogens is 443 g/mol. The second kappa shape index (κ2) is 8.56. The second-order valence-corrected chi connectivity index (χ2v) is 9.72. The zero-order chi connectivity index (χ0) is 24.0. The topological polar surface area (TPSA) is 75.6 Å². The fourth-order valence-electron chi connectivity index (χ4n) is 6.34. The summed E-state index contributed by atoms with van der Waals surface area (Å²) in [6, 6.07) is 19.8. The van der Waals surface area contributed by atoms with Crippen molar-refractivity contribution < 1.29 is 9.18 Å². The average Bonchev–Trinajstić information content (AvgIpc) is 3.38. The summed E-state index contributed by atoms with van der Waals surface area (Å²) in [5.74, 6) is -0.218. The van der Waals surface area contributed by atoms with E-state index in [1.807, 2.05) is 0 Å². The first kappa shape index (κ1) is 21.9. The van der Waals surface area contributed by atoms with E-state index in [1.165, 1.54) is 34.0 Å². The van der Waals surface area contributed by atoms with E-state index in [0.717, 1.165) is 25.2 Å². The Labute approximate surface area is 203 Å². The van der Waals surface area contributed by atoms with Crippen molar-refractivity contribution in [2.45, 2.75) is 30.8 Å². The SMILES string of the molecule is [N-]=[N+]=NCCN1CN(c2ccc(F)cc2)C2(CCN([C@@H]3Cc4cccc5cccc3c45)CC2)C1=O. The van der Waals surface area contributed by atoms with Gasteiger partial charge in [-0.05, 0) is 71.0 Å². The van der Waals surface area contributed by atoms with Crippen molar-refractivity contribution >= 4 is 22.4 Å². The molecule has 3 aliphatic rings. The van der Waals surface area contributed by atoms with Gasteiger partial charge in [-0.25, -0.2) is 4.39 Å². The van der Waals surface area contributed by atoms with Crippen molar-refractivity contribution in [2.24, 2.45) is 5.11 Å². The molecule has 2 heterocycles. The third-order valence-corrected chi connectivity index (χ3v) is 8.05. The lowest BCUT2D eigenvalue weighted by atomic mass is 9.84. The van der Waals surface area contributed by atoms with E-state index in [0.29, 0.717) is 32.1 Å². The number of amides is 1. The monoisotopic (exact) mass is 470 g/mol. The number of carbonyl (C=O) groups is 1. The van der Waals surface area contributed by atoms with Gasteiger partial charge in [-0.3, -0.25) is 9.69 Å². The number of carbonyl (C=O) groups excluding carboxylic acids is 1.